The van der Waals surface area contributed by atoms with Crippen molar-refractivity contribution in [3.05, 3.63) is 76.9 Å². The second-order valence-electron chi connectivity index (χ2n) is 11.5. The van der Waals surface area contributed by atoms with Crippen LogP contribution in [-0.2, 0) is 16.0 Å². The molecule has 2 aliphatic heterocycles. The van der Waals surface area contributed by atoms with Crippen molar-refractivity contribution in [1.82, 2.24) is 15.0 Å². The van der Waals surface area contributed by atoms with Gasteiger partial charge >= 0.3 is 6.15 Å². The first-order valence-electron chi connectivity index (χ1n) is 14.7. The molecule has 2 saturated heterocycles. The molecule has 4 heterocycles. The number of ether oxygens (including phenoxy) is 1. The van der Waals surface area contributed by atoms with Crippen LogP contribution in [-0.4, -0.2) is 47.3 Å². The molecule has 7 rings (SSSR count). The molecule has 44 heavy (non-hydrogen) atoms. The van der Waals surface area contributed by atoms with Crippen LogP contribution in [0.5, 0.6) is 11.5 Å². The minimum absolute atomic E-state index is 0.183. The summed E-state index contributed by atoms with van der Waals surface area (Å²) in [5, 5.41) is 12.7. The van der Waals surface area contributed by atoms with Crippen LogP contribution in [0.25, 0.3) is 11.1 Å². The number of halogens is 1. The van der Waals surface area contributed by atoms with E-state index in [0.717, 1.165) is 86.1 Å². The maximum atomic E-state index is 14.6. The normalized spacial score (nSPS) is 18.9. The molecular weight excluding hydrogens is 579 g/mol. The molecule has 1 atom stereocenters. The number of nitriles is 1. The molecular formula is C33H31FN6O3S. The zero-order chi connectivity index (χ0) is 30.7. The van der Waals surface area contributed by atoms with Crippen molar-refractivity contribution in [1.29, 1.82) is 5.26 Å². The van der Waals surface area contributed by atoms with E-state index in [-0.39, 0.29) is 17.4 Å². The summed E-state index contributed by atoms with van der Waals surface area (Å²) in [6, 6.07) is 12.5. The van der Waals surface area contributed by atoms with Gasteiger partial charge in [-0.3, -0.25) is 0 Å². The van der Waals surface area contributed by atoms with Crippen LogP contribution in [0, 0.1) is 22.6 Å². The minimum atomic E-state index is -0.332. The molecule has 224 valence electrons. The first-order valence-corrected chi connectivity index (χ1v) is 15.6. The molecule has 0 N–H and O–H groups in total. The van der Waals surface area contributed by atoms with Crippen molar-refractivity contribution in [2.24, 2.45) is 5.41 Å². The summed E-state index contributed by atoms with van der Waals surface area (Å²) < 4.78 is 21.1. The standard InChI is InChI=1S/C32H31FN6OS.CO2/c1-2-24-17-41-31(37-24)39-12-10-32(19-39)9-11-38(18-32)30-29(16-35-20-36-30)40-28-8-6-23(33)14-27(28)25-7-3-21(15-34)13-26(25)22-4-5-22;2-1-3/h3,6-8,13-14,16-17,20,22H,2,4-5,9-12,18-19H2,1H3;. The summed E-state index contributed by atoms with van der Waals surface area (Å²) in [4.78, 5) is 34.7. The van der Waals surface area contributed by atoms with Crippen LogP contribution in [0.3, 0.4) is 0 Å². The fraction of sp³-hybridized carbons (Fsp3) is 0.364. The van der Waals surface area contributed by atoms with Crippen LogP contribution in [0.1, 0.15) is 55.3 Å². The molecule has 11 heteroatoms. The van der Waals surface area contributed by atoms with Gasteiger partial charge in [-0.25, -0.2) is 19.3 Å². The summed E-state index contributed by atoms with van der Waals surface area (Å²) in [7, 11) is 0. The number of benzene rings is 2. The number of aryl methyl sites for hydroxylation is 1. The van der Waals surface area contributed by atoms with E-state index in [0.29, 0.717) is 28.5 Å². The third-order valence-electron chi connectivity index (χ3n) is 8.66. The highest BCUT2D eigenvalue weighted by Crippen LogP contribution is 2.48. The highest BCUT2D eigenvalue weighted by Gasteiger charge is 2.45. The van der Waals surface area contributed by atoms with Gasteiger partial charge in [-0.05, 0) is 79.5 Å². The second kappa shape index (κ2) is 12.5. The Labute approximate surface area is 259 Å². The fourth-order valence-corrected chi connectivity index (χ4v) is 7.24. The number of hydrogen-bond acceptors (Lipinski definition) is 10. The molecule has 1 saturated carbocycles. The lowest BCUT2D eigenvalue weighted by Gasteiger charge is -2.26. The average Bonchev–Trinajstić information content (AvgIpc) is 3.43. The van der Waals surface area contributed by atoms with E-state index in [9.17, 15) is 9.65 Å². The van der Waals surface area contributed by atoms with Crippen LogP contribution >= 0.6 is 11.3 Å². The fourth-order valence-electron chi connectivity index (χ4n) is 6.30. The van der Waals surface area contributed by atoms with Crippen LogP contribution in [0.15, 0.2) is 54.3 Å². The molecule has 3 aliphatic rings. The zero-order valence-corrected chi connectivity index (χ0v) is 25.1. The van der Waals surface area contributed by atoms with Crippen molar-refractivity contribution < 1.29 is 18.7 Å². The number of rotatable bonds is 7. The summed E-state index contributed by atoms with van der Waals surface area (Å²) in [6.07, 6.45) is 8.81. The molecule has 0 radical (unpaired) electrons. The molecule has 0 bridgehead atoms. The lowest BCUT2D eigenvalue weighted by Crippen LogP contribution is -2.31. The van der Waals surface area contributed by atoms with Gasteiger partial charge < -0.3 is 14.5 Å². The molecule has 1 aliphatic carbocycles. The van der Waals surface area contributed by atoms with E-state index in [1.54, 1.807) is 36.0 Å². The van der Waals surface area contributed by atoms with Gasteiger partial charge in [0, 0.05) is 42.5 Å². The SMILES string of the molecule is CCc1csc(N2CCC3(CCN(c4ncncc4Oc4ccc(F)cc4-c4ccc(C#N)cc4C4CC4)C3)C2)n1.O=C=O. The number of thiazole rings is 1. The number of aromatic nitrogens is 3. The topological polar surface area (TPSA) is 112 Å². The Hall–Kier alpha value is -4.65. The summed E-state index contributed by atoms with van der Waals surface area (Å²) in [6.45, 7) is 5.93. The predicted molar refractivity (Wildman–Crippen MR) is 163 cm³/mol. The monoisotopic (exact) mass is 610 g/mol. The zero-order valence-electron chi connectivity index (χ0n) is 24.3. The summed E-state index contributed by atoms with van der Waals surface area (Å²) in [5.41, 5.74) is 4.60. The maximum Gasteiger partial charge on any atom is 0.373 e. The lowest BCUT2D eigenvalue weighted by atomic mass is 9.86. The summed E-state index contributed by atoms with van der Waals surface area (Å²) in [5.74, 6) is 1.92. The van der Waals surface area contributed by atoms with Crippen molar-refractivity contribution in [3.8, 4) is 28.7 Å². The smallest absolute Gasteiger partial charge is 0.373 e. The van der Waals surface area contributed by atoms with Gasteiger partial charge in [0.25, 0.3) is 0 Å². The average molecular weight is 611 g/mol. The Balaban J connectivity index is 0.00000110. The molecule has 4 aromatic rings. The van der Waals surface area contributed by atoms with Crippen LogP contribution < -0.4 is 14.5 Å². The van der Waals surface area contributed by atoms with Gasteiger partial charge in [-0.15, -0.1) is 11.3 Å². The van der Waals surface area contributed by atoms with E-state index in [2.05, 4.69) is 38.1 Å². The first kappa shape index (κ1) is 29.4. The molecule has 1 unspecified atom stereocenters. The molecule has 9 nitrogen and oxygen atoms in total. The number of carbonyl (C=O) groups excluding carboxylic acids is 2. The van der Waals surface area contributed by atoms with Gasteiger partial charge in [0.2, 0.25) is 0 Å². The van der Waals surface area contributed by atoms with Gasteiger partial charge in [0.05, 0.1) is 23.5 Å². The minimum Gasteiger partial charge on any atom is -0.451 e. The predicted octanol–water partition coefficient (Wildman–Crippen LogP) is 6.37. The van der Waals surface area contributed by atoms with E-state index < -0.39 is 0 Å². The number of anilines is 2. The Morgan fingerprint density at radius 2 is 1.84 bits per heavy atom. The third kappa shape index (κ3) is 6.05. The van der Waals surface area contributed by atoms with Crippen molar-refractivity contribution in [2.45, 2.75) is 44.9 Å². The van der Waals surface area contributed by atoms with E-state index >= 15 is 0 Å². The van der Waals surface area contributed by atoms with E-state index in [1.807, 2.05) is 12.1 Å². The Morgan fingerprint density at radius 1 is 1.07 bits per heavy atom. The first-order chi connectivity index (χ1) is 21.5. The van der Waals surface area contributed by atoms with Gasteiger partial charge in [-0.2, -0.15) is 14.9 Å². The van der Waals surface area contributed by atoms with E-state index in [4.69, 9.17) is 19.3 Å². The molecule has 2 aromatic heterocycles. The van der Waals surface area contributed by atoms with Gasteiger partial charge in [0.1, 0.15) is 17.9 Å². The Bertz CT molecular complexity index is 1750. The molecule has 0 amide bonds. The van der Waals surface area contributed by atoms with Gasteiger partial charge in [0.15, 0.2) is 16.7 Å². The molecule has 1 spiro atoms. The quantitative estimate of drug-likeness (QED) is 0.236. The lowest BCUT2D eigenvalue weighted by molar-refractivity contribution is -0.191. The number of nitrogens with zero attached hydrogens (tertiary/aromatic N) is 6. The third-order valence-corrected chi connectivity index (χ3v) is 9.61. The largest absolute Gasteiger partial charge is 0.451 e. The summed E-state index contributed by atoms with van der Waals surface area (Å²) >= 11 is 1.74. The highest BCUT2D eigenvalue weighted by atomic mass is 32.1. The van der Waals surface area contributed by atoms with Crippen molar-refractivity contribution in [2.75, 3.05) is 36.0 Å². The molecule has 3 fully saturated rings. The van der Waals surface area contributed by atoms with Crippen LogP contribution in [0.4, 0.5) is 15.3 Å². The van der Waals surface area contributed by atoms with Gasteiger partial charge in [-0.1, -0.05) is 13.0 Å². The second-order valence-corrected chi connectivity index (χ2v) is 12.4. The Morgan fingerprint density at radius 3 is 2.57 bits per heavy atom. The maximum absolute atomic E-state index is 14.6. The Kier molecular flexibility index (Phi) is 8.38. The van der Waals surface area contributed by atoms with Crippen LogP contribution in [0.2, 0.25) is 0 Å². The number of hydrogen-bond donors (Lipinski definition) is 0. The van der Waals surface area contributed by atoms with E-state index in [1.165, 1.54) is 12.1 Å². The molecule has 2 aromatic carbocycles. The van der Waals surface area contributed by atoms with Crippen molar-refractivity contribution >= 4 is 28.4 Å². The highest BCUT2D eigenvalue weighted by molar-refractivity contribution is 7.13. The van der Waals surface area contributed by atoms with Crippen molar-refractivity contribution in [3.63, 3.8) is 0 Å².